The van der Waals surface area contributed by atoms with Gasteiger partial charge in [-0.2, -0.15) is 0 Å². The first-order chi connectivity index (χ1) is 7.49. The maximum atomic E-state index is 11.3. The van der Waals surface area contributed by atoms with Gasteiger partial charge in [0.05, 0.1) is 0 Å². The third kappa shape index (κ3) is 3.57. The van der Waals surface area contributed by atoms with Gasteiger partial charge in [0.1, 0.15) is 0 Å². The van der Waals surface area contributed by atoms with Crippen LogP contribution in [0.25, 0.3) is 0 Å². The SMILES string of the molecule is Cc1ccc(NC(=O)/C=C\C(N)=O)c(C)c1. The van der Waals surface area contributed by atoms with Crippen molar-refractivity contribution in [2.75, 3.05) is 5.32 Å². The molecule has 0 atom stereocenters. The lowest BCUT2D eigenvalue weighted by molar-refractivity contribution is -0.115. The van der Waals surface area contributed by atoms with Crippen LogP contribution in [0.1, 0.15) is 11.1 Å². The highest BCUT2D eigenvalue weighted by Gasteiger charge is 2.01. The van der Waals surface area contributed by atoms with E-state index >= 15 is 0 Å². The Balaban J connectivity index is 2.73. The molecule has 0 bridgehead atoms. The molecule has 0 aliphatic carbocycles. The van der Waals surface area contributed by atoms with Crippen LogP contribution in [-0.2, 0) is 9.59 Å². The minimum Gasteiger partial charge on any atom is -0.366 e. The second kappa shape index (κ2) is 5.11. The van der Waals surface area contributed by atoms with Crippen molar-refractivity contribution in [3.8, 4) is 0 Å². The molecule has 0 spiro atoms. The van der Waals surface area contributed by atoms with Crippen LogP contribution in [0.15, 0.2) is 30.4 Å². The normalized spacial score (nSPS) is 10.4. The van der Waals surface area contributed by atoms with E-state index in [9.17, 15) is 9.59 Å². The lowest BCUT2D eigenvalue weighted by atomic mass is 10.1. The maximum Gasteiger partial charge on any atom is 0.248 e. The minimum atomic E-state index is -0.643. The minimum absolute atomic E-state index is 0.370. The number of anilines is 1. The van der Waals surface area contributed by atoms with E-state index in [4.69, 9.17) is 5.73 Å². The zero-order valence-corrected chi connectivity index (χ0v) is 9.28. The molecule has 0 aliphatic rings. The molecule has 2 amide bonds. The van der Waals surface area contributed by atoms with Gasteiger partial charge in [-0.05, 0) is 25.5 Å². The summed E-state index contributed by atoms with van der Waals surface area (Å²) in [5.41, 5.74) is 7.71. The van der Waals surface area contributed by atoms with Gasteiger partial charge in [0.15, 0.2) is 0 Å². The fraction of sp³-hybridized carbons (Fsp3) is 0.167. The van der Waals surface area contributed by atoms with Gasteiger partial charge in [0, 0.05) is 17.8 Å². The highest BCUT2D eigenvalue weighted by atomic mass is 16.2. The predicted octanol–water partition coefficient (Wildman–Crippen LogP) is 1.28. The second-order valence-electron chi connectivity index (χ2n) is 3.54. The second-order valence-corrected chi connectivity index (χ2v) is 3.54. The first kappa shape index (κ1) is 12.0. The number of rotatable bonds is 3. The summed E-state index contributed by atoms with van der Waals surface area (Å²) in [6, 6.07) is 5.69. The molecule has 4 heteroatoms. The number of hydrogen-bond donors (Lipinski definition) is 2. The number of aryl methyl sites for hydroxylation is 2. The van der Waals surface area contributed by atoms with E-state index in [0.717, 1.165) is 29.0 Å². The number of benzene rings is 1. The fourth-order valence-corrected chi connectivity index (χ4v) is 1.29. The third-order valence-electron chi connectivity index (χ3n) is 2.04. The van der Waals surface area contributed by atoms with Crippen LogP contribution in [-0.4, -0.2) is 11.8 Å². The monoisotopic (exact) mass is 218 g/mol. The summed E-state index contributed by atoms with van der Waals surface area (Å²) in [4.78, 5) is 21.8. The predicted molar refractivity (Wildman–Crippen MR) is 62.9 cm³/mol. The lowest BCUT2D eigenvalue weighted by Gasteiger charge is -2.06. The Morgan fingerprint density at radius 1 is 1.25 bits per heavy atom. The van der Waals surface area contributed by atoms with E-state index < -0.39 is 5.91 Å². The zero-order valence-electron chi connectivity index (χ0n) is 9.28. The number of hydrogen-bond acceptors (Lipinski definition) is 2. The number of nitrogens with one attached hydrogen (secondary N) is 1. The third-order valence-corrected chi connectivity index (χ3v) is 2.04. The summed E-state index contributed by atoms with van der Waals surface area (Å²) < 4.78 is 0. The van der Waals surface area contributed by atoms with E-state index in [1.165, 1.54) is 0 Å². The van der Waals surface area contributed by atoms with Gasteiger partial charge in [-0.1, -0.05) is 17.7 Å². The molecule has 0 saturated heterocycles. The van der Waals surface area contributed by atoms with Crippen molar-refractivity contribution < 1.29 is 9.59 Å². The summed E-state index contributed by atoms with van der Waals surface area (Å²) >= 11 is 0. The summed E-state index contributed by atoms with van der Waals surface area (Å²) in [7, 11) is 0. The molecule has 84 valence electrons. The van der Waals surface area contributed by atoms with Gasteiger partial charge < -0.3 is 11.1 Å². The molecular weight excluding hydrogens is 204 g/mol. The molecule has 1 aromatic rings. The Kier molecular flexibility index (Phi) is 3.83. The Morgan fingerprint density at radius 2 is 1.94 bits per heavy atom. The van der Waals surface area contributed by atoms with Crippen molar-refractivity contribution in [1.82, 2.24) is 0 Å². The van der Waals surface area contributed by atoms with E-state index in [1.807, 2.05) is 32.0 Å². The number of carbonyl (C=O) groups is 2. The quantitative estimate of drug-likeness (QED) is 0.750. The molecular formula is C12H14N2O2. The summed E-state index contributed by atoms with van der Waals surface area (Å²) in [5.74, 6) is -1.01. The summed E-state index contributed by atoms with van der Waals surface area (Å²) in [6.07, 6.45) is 2.14. The van der Waals surface area contributed by atoms with Gasteiger partial charge in [0.2, 0.25) is 11.8 Å². The van der Waals surface area contributed by atoms with E-state index in [2.05, 4.69) is 5.32 Å². The Morgan fingerprint density at radius 3 is 2.50 bits per heavy atom. The zero-order chi connectivity index (χ0) is 12.1. The molecule has 0 aliphatic heterocycles. The highest BCUT2D eigenvalue weighted by molar-refractivity contribution is 6.03. The van der Waals surface area contributed by atoms with Crippen molar-refractivity contribution in [1.29, 1.82) is 0 Å². The smallest absolute Gasteiger partial charge is 0.248 e. The fourth-order valence-electron chi connectivity index (χ4n) is 1.29. The molecule has 3 N–H and O–H groups in total. The molecule has 0 saturated carbocycles. The van der Waals surface area contributed by atoms with Crippen LogP contribution in [0.3, 0.4) is 0 Å². The molecule has 0 unspecified atom stereocenters. The Labute approximate surface area is 94.1 Å². The number of carbonyl (C=O) groups excluding carboxylic acids is 2. The highest BCUT2D eigenvalue weighted by Crippen LogP contribution is 2.15. The molecule has 0 radical (unpaired) electrons. The molecule has 0 fully saturated rings. The molecule has 4 nitrogen and oxygen atoms in total. The number of amides is 2. The van der Waals surface area contributed by atoms with Crippen LogP contribution < -0.4 is 11.1 Å². The number of primary amides is 1. The van der Waals surface area contributed by atoms with Crippen LogP contribution in [0.4, 0.5) is 5.69 Å². The van der Waals surface area contributed by atoms with E-state index in [1.54, 1.807) is 0 Å². The topological polar surface area (TPSA) is 72.2 Å². The van der Waals surface area contributed by atoms with Gasteiger partial charge in [-0.25, -0.2) is 0 Å². The maximum absolute atomic E-state index is 11.3. The summed E-state index contributed by atoms with van der Waals surface area (Å²) in [5, 5.41) is 2.66. The van der Waals surface area contributed by atoms with Crippen molar-refractivity contribution in [3.63, 3.8) is 0 Å². The molecule has 1 aromatic carbocycles. The van der Waals surface area contributed by atoms with E-state index in [-0.39, 0.29) is 5.91 Å². The Hall–Kier alpha value is -2.10. The lowest BCUT2D eigenvalue weighted by Crippen LogP contribution is -2.12. The first-order valence-corrected chi connectivity index (χ1v) is 4.85. The van der Waals surface area contributed by atoms with Gasteiger partial charge in [-0.15, -0.1) is 0 Å². The van der Waals surface area contributed by atoms with Gasteiger partial charge >= 0.3 is 0 Å². The van der Waals surface area contributed by atoms with Crippen molar-refractivity contribution in [2.24, 2.45) is 5.73 Å². The Bertz CT molecular complexity index is 450. The van der Waals surface area contributed by atoms with Crippen LogP contribution in [0, 0.1) is 13.8 Å². The molecule has 16 heavy (non-hydrogen) atoms. The summed E-state index contributed by atoms with van der Waals surface area (Å²) in [6.45, 7) is 3.88. The van der Waals surface area contributed by atoms with E-state index in [0.29, 0.717) is 0 Å². The van der Waals surface area contributed by atoms with Gasteiger partial charge in [-0.3, -0.25) is 9.59 Å². The van der Waals surface area contributed by atoms with Crippen molar-refractivity contribution in [3.05, 3.63) is 41.5 Å². The average Bonchev–Trinajstić information content (AvgIpc) is 2.19. The number of nitrogens with two attached hydrogens (primary N) is 1. The largest absolute Gasteiger partial charge is 0.366 e. The van der Waals surface area contributed by atoms with Gasteiger partial charge in [0.25, 0.3) is 0 Å². The van der Waals surface area contributed by atoms with Crippen LogP contribution >= 0.6 is 0 Å². The van der Waals surface area contributed by atoms with Crippen molar-refractivity contribution >= 4 is 17.5 Å². The molecule has 0 heterocycles. The van der Waals surface area contributed by atoms with Crippen molar-refractivity contribution in [2.45, 2.75) is 13.8 Å². The molecule has 0 aromatic heterocycles. The first-order valence-electron chi connectivity index (χ1n) is 4.85. The molecule has 1 rings (SSSR count). The van der Waals surface area contributed by atoms with Crippen LogP contribution in [0.2, 0.25) is 0 Å². The average molecular weight is 218 g/mol. The standard InChI is InChI=1S/C12H14N2O2/c1-8-3-4-10(9(2)7-8)14-12(16)6-5-11(13)15/h3-7H,1-2H3,(H2,13,15)(H,14,16)/b6-5-. The van der Waals surface area contributed by atoms with Crippen LogP contribution in [0.5, 0.6) is 0 Å².